The normalized spacial score (nSPS) is 24.4. The molecule has 0 N–H and O–H groups in total. The average molecular weight is 392 g/mol. The third-order valence-electron chi connectivity index (χ3n) is 6.18. The van der Waals surface area contributed by atoms with E-state index in [0.29, 0.717) is 18.1 Å². The molecule has 2 fully saturated rings. The van der Waals surface area contributed by atoms with Crippen LogP contribution in [0.1, 0.15) is 68.6 Å². The van der Waals surface area contributed by atoms with Gasteiger partial charge in [0.05, 0.1) is 6.61 Å². The zero-order chi connectivity index (χ0) is 19.8. The molecule has 0 spiro atoms. The van der Waals surface area contributed by atoms with E-state index in [1.165, 1.54) is 30.7 Å². The molecule has 0 bridgehead atoms. The van der Waals surface area contributed by atoms with Crippen molar-refractivity contribution in [3.8, 4) is 11.1 Å². The number of hydrogen-bond donors (Lipinski definition) is 0. The van der Waals surface area contributed by atoms with Crippen LogP contribution in [0.5, 0.6) is 0 Å². The minimum absolute atomic E-state index is 0.0207. The number of ether oxygens (including phenoxy) is 1. The van der Waals surface area contributed by atoms with E-state index >= 15 is 0 Å². The lowest BCUT2D eigenvalue weighted by molar-refractivity contribution is 0.303. The first-order valence-electron chi connectivity index (χ1n) is 10.1. The second-order valence-electron chi connectivity index (χ2n) is 7.99. The van der Waals surface area contributed by atoms with Crippen molar-refractivity contribution in [2.24, 2.45) is 5.92 Å². The topological polar surface area (TPSA) is 12.5 Å². The lowest BCUT2D eigenvalue weighted by atomic mass is 9.77. The van der Waals surface area contributed by atoms with Crippen molar-refractivity contribution in [3.05, 3.63) is 58.7 Å². The molecule has 4 rings (SSSR count). The van der Waals surface area contributed by atoms with Crippen molar-refractivity contribution >= 4 is 0 Å². The zero-order valence-electron chi connectivity index (χ0n) is 15.9. The second-order valence-corrected chi connectivity index (χ2v) is 7.99. The predicted octanol–water partition coefficient (Wildman–Crippen LogP) is 7.06. The van der Waals surface area contributed by atoms with Gasteiger partial charge in [-0.1, -0.05) is 44.0 Å². The van der Waals surface area contributed by atoms with Crippen molar-refractivity contribution in [3.63, 3.8) is 0 Å². The Morgan fingerprint density at radius 2 is 1.32 bits per heavy atom. The maximum absolute atomic E-state index is 14.8. The first kappa shape index (κ1) is 19.4. The number of epoxide rings is 1. The van der Waals surface area contributed by atoms with Crippen LogP contribution in [-0.2, 0) is 4.74 Å². The average Bonchev–Trinajstić information content (AvgIpc) is 3.53. The Morgan fingerprint density at radius 1 is 0.786 bits per heavy atom. The van der Waals surface area contributed by atoms with Gasteiger partial charge in [-0.2, -0.15) is 0 Å². The minimum Gasteiger partial charge on any atom is -0.368 e. The van der Waals surface area contributed by atoms with E-state index in [4.69, 9.17) is 4.74 Å². The van der Waals surface area contributed by atoms with Gasteiger partial charge in [0.1, 0.15) is 6.10 Å². The van der Waals surface area contributed by atoms with Crippen LogP contribution in [0.4, 0.5) is 17.6 Å². The molecular weight excluding hydrogens is 368 g/mol. The summed E-state index contributed by atoms with van der Waals surface area (Å²) in [5, 5.41) is 0. The largest absolute Gasteiger partial charge is 0.368 e. The molecule has 1 nitrogen and oxygen atoms in total. The highest BCUT2D eigenvalue weighted by Crippen LogP contribution is 2.41. The fraction of sp³-hybridized carbons (Fsp3) is 0.478. The van der Waals surface area contributed by atoms with E-state index < -0.39 is 29.4 Å². The molecule has 1 saturated carbocycles. The molecule has 1 unspecified atom stereocenters. The van der Waals surface area contributed by atoms with Gasteiger partial charge in [0.2, 0.25) is 0 Å². The van der Waals surface area contributed by atoms with Gasteiger partial charge in [-0.15, -0.1) is 0 Å². The maximum atomic E-state index is 14.8. The van der Waals surface area contributed by atoms with E-state index in [0.717, 1.165) is 32.1 Å². The fourth-order valence-electron chi connectivity index (χ4n) is 4.51. The maximum Gasteiger partial charge on any atom is 0.167 e. The molecule has 2 aromatic rings. The van der Waals surface area contributed by atoms with E-state index in [-0.39, 0.29) is 22.6 Å². The molecule has 1 heterocycles. The Labute approximate surface area is 162 Å². The molecule has 2 aliphatic rings. The molecule has 5 heteroatoms. The van der Waals surface area contributed by atoms with Crippen LogP contribution in [0.3, 0.4) is 0 Å². The van der Waals surface area contributed by atoms with Gasteiger partial charge in [0.15, 0.2) is 23.3 Å². The van der Waals surface area contributed by atoms with Gasteiger partial charge in [0, 0.05) is 16.7 Å². The van der Waals surface area contributed by atoms with Crippen LogP contribution >= 0.6 is 0 Å². The van der Waals surface area contributed by atoms with Crippen molar-refractivity contribution in [2.75, 3.05) is 6.61 Å². The summed E-state index contributed by atoms with van der Waals surface area (Å²) in [4.78, 5) is 0. The van der Waals surface area contributed by atoms with Gasteiger partial charge >= 0.3 is 0 Å². The Kier molecular flexibility index (Phi) is 5.46. The first-order chi connectivity index (χ1) is 13.5. The van der Waals surface area contributed by atoms with Crippen LogP contribution in [0.25, 0.3) is 11.1 Å². The van der Waals surface area contributed by atoms with Crippen molar-refractivity contribution in [1.29, 1.82) is 0 Å². The van der Waals surface area contributed by atoms with Crippen LogP contribution < -0.4 is 0 Å². The smallest absolute Gasteiger partial charge is 0.167 e. The van der Waals surface area contributed by atoms with Gasteiger partial charge in [-0.05, 0) is 43.1 Å². The highest BCUT2D eigenvalue weighted by atomic mass is 19.2. The van der Waals surface area contributed by atoms with Crippen molar-refractivity contribution < 1.29 is 22.3 Å². The summed E-state index contributed by atoms with van der Waals surface area (Å²) in [6, 6.07) is 5.58. The summed E-state index contributed by atoms with van der Waals surface area (Å²) in [6.07, 6.45) is 5.57. The van der Waals surface area contributed by atoms with Crippen LogP contribution in [0.15, 0.2) is 24.3 Å². The summed E-state index contributed by atoms with van der Waals surface area (Å²) in [7, 11) is 0. The third kappa shape index (κ3) is 3.57. The number of rotatable bonds is 5. The minimum atomic E-state index is -1.17. The van der Waals surface area contributed by atoms with Crippen LogP contribution in [0.2, 0.25) is 0 Å². The SMILES string of the molecule is CCCC1CCC(c2ccc(-c3ccc(C4CO4)c(F)c3F)c(F)c2F)CC1. The number of halogens is 4. The molecule has 0 radical (unpaired) electrons. The predicted molar refractivity (Wildman–Crippen MR) is 100 cm³/mol. The molecule has 1 aliphatic heterocycles. The van der Waals surface area contributed by atoms with Gasteiger partial charge in [-0.25, -0.2) is 17.6 Å². The van der Waals surface area contributed by atoms with Crippen molar-refractivity contribution in [1.82, 2.24) is 0 Å². The summed E-state index contributed by atoms with van der Waals surface area (Å²) < 4.78 is 63.4. The highest BCUT2D eigenvalue weighted by molar-refractivity contribution is 5.66. The van der Waals surface area contributed by atoms with E-state index in [9.17, 15) is 17.6 Å². The van der Waals surface area contributed by atoms with E-state index in [1.54, 1.807) is 0 Å². The zero-order valence-corrected chi connectivity index (χ0v) is 15.9. The molecule has 0 aromatic heterocycles. The standard InChI is InChI=1S/C23H24F4O/c1-2-3-13-4-6-14(7-5-13)15-8-9-16(21(25)20(15)24)17-10-11-18(19-12-28-19)23(27)22(17)26/h8-11,13-14,19H,2-7,12H2,1H3. The summed E-state index contributed by atoms with van der Waals surface area (Å²) >= 11 is 0. The third-order valence-corrected chi connectivity index (χ3v) is 6.18. The van der Waals surface area contributed by atoms with Crippen LogP contribution in [-0.4, -0.2) is 6.61 Å². The Morgan fingerprint density at radius 3 is 1.86 bits per heavy atom. The van der Waals surface area contributed by atoms with E-state index in [1.807, 2.05) is 0 Å². The molecular formula is C23H24F4O. The van der Waals surface area contributed by atoms with Gasteiger partial charge in [-0.3, -0.25) is 0 Å². The Hall–Kier alpha value is -1.88. The number of hydrogen-bond acceptors (Lipinski definition) is 1. The lowest BCUT2D eigenvalue weighted by Gasteiger charge is -2.29. The summed E-state index contributed by atoms with van der Waals surface area (Å²) in [6.45, 7) is 2.50. The molecule has 28 heavy (non-hydrogen) atoms. The first-order valence-corrected chi connectivity index (χ1v) is 10.1. The molecule has 150 valence electrons. The highest BCUT2D eigenvalue weighted by Gasteiger charge is 2.31. The monoisotopic (exact) mass is 392 g/mol. The molecule has 2 aromatic carbocycles. The van der Waals surface area contributed by atoms with Crippen LogP contribution in [0, 0.1) is 29.2 Å². The Balaban J connectivity index is 1.61. The molecule has 1 aliphatic carbocycles. The quantitative estimate of drug-likeness (QED) is 0.392. The molecule has 1 atom stereocenters. The fourth-order valence-corrected chi connectivity index (χ4v) is 4.51. The molecule has 1 saturated heterocycles. The number of benzene rings is 2. The van der Waals surface area contributed by atoms with Gasteiger partial charge < -0.3 is 4.74 Å². The summed E-state index contributed by atoms with van der Waals surface area (Å²) in [5.41, 5.74) is -0.0558. The summed E-state index contributed by atoms with van der Waals surface area (Å²) in [5.74, 6) is -3.63. The Bertz CT molecular complexity index is 867. The van der Waals surface area contributed by atoms with Crippen molar-refractivity contribution in [2.45, 2.75) is 57.5 Å². The lowest BCUT2D eigenvalue weighted by Crippen LogP contribution is -2.15. The van der Waals surface area contributed by atoms with E-state index in [2.05, 4.69) is 6.92 Å². The molecule has 0 amide bonds. The second kappa shape index (κ2) is 7.86. The van der Waals surface area contributed by atoms with Gasteiger partial charge in [0.25, 0.3) is 0 Å².